The van der Waals surface area contributed by atoms with E-state index in [2.05, 4.69) is 10.1 Å². The van der Waals surface area contributed by atoms with Crippen LogP contribution in [-0.2, 0) is 20.9 Å². The number of carboxylic acid groups (broad SMARTS) is 3. The van der Waals surface area contributed by atoms with E-state index in [0.29, 0.717) is 11.7 Å². The van der Waals surface area contributed by atoms with Crippen molar-refractivity contribution in [2.24, 2.45) is 10.8 Å². The highest BCUT2D eigenvalue weighted by molar-refractivity contribution is 5.94. The normalized spacial score (nSPS) is 26.4. The lowest BCUT2D eigenvalue weighted by molar-refractivity contribution is -0.192. The molecule has 1 aliphatic carbocycles. The summed E-state index contributed by atoms with van der Waals surface area (Å²) in [6.45, 7) is 4.57. The van der Waals surface area contributed by atoms with Gasteiger partial charge in [0.1, 0.15) is 0 Å². The van der Waals surface area contributed by atoms with Crippen LogP contribution in [0.25, 0.3) is 0 Å². The predicted octanol–water partition coefficient (Wildman–Crippen LogP) is 1.19. The summed E-state index contributed by atoms with van der Waals surface area (Å²) in [5.41, 5.74) is -2.33. The molecule has 0 aromatic carbocycles. The molecule has 1 aliphatic heterocycles. The maximum Gasteiger partial charge on any atom is 0.490 e. The summed E-state index contributed by atoms with van der Waals surface area (Å²) >= 11 is 0. The fraction of sp³-hybridized carbons (Fsp3) is 0.667. The average Bonchev–Trinajstić information content (AvgIpc) is 2.88. The summed E-state index contributed by atoms with van der Waals surface area (Å²) in [5.74, 6) is -3.71. The number of hydrogen-bond donors (Lipinski definition) is 3. The number of piperidine rings is 1. The fourth-order valence-corrected chi connectivity index (χ4v) is 3.27. The Morgan fingerprint density at radius 2 is 1.61 bits per heavy atom. The first kappa shape index (κ1) is 21.6. The molecule has 28 heavy (non-hydrogen) atoms. The minimum absolute atomic E-state index is 0.144. The molecule has 0 amide bonds. The Morgan fingerprint density at radius 3 is 1.93 bits per heavy atom. The smallest absolute Gasteiger partial charge is 0.481 e. The molecular formula is C15H18F3N3O7. The van der Waals surface area contributed by atoms with Crippen molar-refractivity contribution in [3.05, 3.63) is 11.7 Å². The van der Waals surface area contributed by atoms with Crippen LogP contribution in [0, 0.1) is 10.8 Å². The van der Waals surface area contributed by atoms with Crippen molar-refractivity contribution < 1.29 is 47.4 Å². The van der Waals surface area contributed by atoms with Crippen LogP contribution in [-0.4, -0.2) is 67.5 Å². The van der Waals surface area contributed by atoms with Crippen molar-refractivity contribution in [1.82, 2.24) is 15.0 Å². The van der Waals surface area contributed by atoms with Gasteiger partial charge in [-0.3, -0.25) is 14.5 Å². The Morgan fingerprint density at radius 1 is 1.14 bits per heavy atom. The molecule has 0 spiro atoms. The van der Waals surface area contributed by atoms with Crippen LogP contribution in [0.4, 0.5) is 13.2 Å². The molecule has 1 saturated carbocycles. The quantitative estimate of drug-likeness (QED) is 0.646. The minimum Gasteiger partial charge on any atom is -0.481 e. The lowest BCUT2D eigenvalue weighted by Gasteiger charge is -2.16. The molecule has 13 heteroatoms. The van der Waals surface area contributed by atoms with E-state index in [0.717, 1.165) is 0 Å². The maximum atomic E-state index is 11.4. The van der Waals surface area contributed by atoms with E-state index >= 15 is 0 Å². The number of alkyl halides is 3. The molecule has 156 valence electrons. The zero-order valence-electron chi connectivity index (χ0n) is 14.9. The standard InChI is InChI=1S/C13H17N3O5.C2HF3O2/c1-7(2)9-14-8(21-15-9)3-16-5-12(10(17)18)4-13(12,6-16)11(19)20;3-2(4,5)1(6)7/h7H,3-6H2,1-2H3,(H,17,18)(H,19,20);(H,6,7)/t12-,13+;. The summed E-state index contributed by atoms with van der Waals surface area (Å²) < 4.78 is 36.9. The number of carbonyl (C=O) groups is 3. The van der Waals surface area contributed by atoms with Gasteiger partial charge in [-0.15, -0.1) is 0 Å². The zero-order valence-corrected chi connectivity index (χ0v) is 14.9. The molecule has 0 radical (unpaired) electrons. The molecule has 2 heterocycles. The highest BCUT2D eigenvalue weighted by Crippen LogP contribution is 2.68. The van der Waals surface area contributed by atoms with Crippen molar-refractivity contribution in [1.29, 1.82) is 0 Å². The van der Waals surface area contributed by atoms with Crippen LogP contribution < -0.4 is 0 Å². The van der Waals surface area contributed by atoms with Crippen molar-refractivity contribution in [3.63, 3.8) is 0 Å². The fourth-order valence-electron chi connectivity index (χ4n) is 3.27. The average molecular weight is 409 g/mol. The molecule has 1 aromatic heterocycles. The monoisotopic (exact) mass is 409 g/mol. The molecular weight excluding hydrogens is 391 g/mol. The van der Waals surface area contributed by atoms with Gasteiger partial charge in [0, 0.05) is 19.0 Å². The third-order valence-electron chi connectivity index (χ3n) is 4.80. The minimum atomic E-state index is -5.08. The van der Waals surface area contributed by atoms with Gasteiger partial charge in [-0.1, -0.05) is 19.0 Å². The summed E-state index contributed by atoms with van der Waals surface area (Å²) in [6.07, 6.45) is -4.89. The maximum absolute atomic E-state index is 11.4. The lowest BCUT2D eigenvalue weighted by Crippen LogP contribution is -2.28. The topological polar surface area (TPSA) is 154 Å². The summed E-state index contributed by atoms with van der Waals surface area (Å²) in [6, 6.07) is 0. The predicted molar refractivity (Wildman–Crippen MR) is 82.1 cm³/mol. The highest BCUT2D eigenvalue weighted by Gasteiger charge is 2.80. The second-order valence-electron chi connectivity index (χ2n) is 7.10. The van der Waals surface area contributed by atoms with Crippen LogP contribution >= 0.6 is 0 Å². The van der Waals surface area contributed by atoms with E-state index in [1.54, 1.807) is 4.90 Å². The number of aliphatic carboxylic acids is 3. The van der Waals surface area contributed by atoms with E-state index in [1.165, 1.54) is 0 Å². The van der Waals surface area contributed by atoms with Gasteiger partial charge in [0.05, 0.1) is 17.4 Å². The first-order chi connectivity index (χ1) is 12.7. The van der Waals surface area contributed by atoms with E-state index in [-0.39, 0.29) is 32.0 Å². The van der Waals surface area contributed by atoms with Gasteiger partial charge in [-0.25, -0.2) is 4.79 Å². The molecule has 10 nitrogen and oxygen atoms in total. The van der Waals surface area contributed by atoms with Crippen molar-refractivity contribution in [3.8, 4) is 0 Å². The molecule has 3 rings (SSSR count). The van der Waals surface area contributed by atoms with Gasteiger partial charge in [0.15, 0.2) is 5.82 Å². The van der Waals surface area contributed by atoms with E-state index in [9.17, 15) is 33.0 Å². The highest BCUT2D eigenvalue weighted by atomic mass is 19.4. The summed E-state index contributed by atoms with van der Waals surface area (Å²) in [5, 5.41) is 29.7. The summed E-state index contributed by atoms with van der Waals surface area (Å²) in [7, 11) is 0. The van der Waals surface area contributed by atoms with Crippen LogP contribution in [0.15, 0.2) is 4.52 Å². The van der Waals surface area contributed by atoms with Crippen molar-refractivity contribution >= 4 is 17.9 Å². The SMILES string of the molecule is CC(C)c1noc(CN2C[C@@]3(C(=O)O)C[C@@]3(C(=O)O)C2)n1.O=C(O)C(F)(F)F. The number of aromatic nitrogens is 2. The Balaban J connectivity index is 0.000000345. The number of fused-ring (bicyclic) bond motifs is 1. The largest absolute Gasteiger partial charge is 0.490 e. The van der Waals surface area contributed by atoms with Gasteiger partial charge >= 0.3 is 24.1 Å². The van der Waals surface area contributed by atoms with Crippen LogP contribution in [0.1, 0.15) is 37.9 Å². The second-order valence-corrected chi connectivity index (χ2v) is 7.10. The molecule has 0 unspecified atom stereocenters. The third-order valence-corrected chi connectivity index (χ3v) is 4.80. The molecule has 2 atom stereocenters. The lowest BCUT2D eigenvalue weighted by atomic mass is 9.97. The molecule has 1 aromatic rings. The van der Waals surface area contributed by atoms with Crippen LogP contribution in [0.2, 0.25) is 0 Å². The zero-order chi connectivity index (χ0) is 21.5. The Hall–Kier alpha value is -2.70. The van der Waals surface area contributed by atoms with Gasteiger partial charge < -0.3 is 19.8 Å². The van der Waals surface area contributed by atoms with Gasteiger partial charge in [0.25, 0.3) is 0 Å². The molecule has 3 N–H and O–H groups in total. The number of hydrogen-bond acceptors (Lipinski definition) is 7. The van der Waals surface area contributed by atoms with E-state index < -0.39 is 34.9 Å². The Bertz CT molecular complexity index is 766. The number of halogens is 3. The first-order valence-corrected chi connectivity index (χ1v) is 8.07. The van der Waals surface area contributed by atoms with Gasteiger partial charge in [-0.2, -0.15) is 18.2 Å². The third kappa shape index (κ3) is 3.79. The van der Waals surface area contributed by atoms with E-state index in [1.807, 2.05) is 13.8 Å². The van der Waals surface area contributed by atoms with Crippen LogP contribution in [0.3, 0.4) is 0 Å². The molecule has 2 fully saturated rings. The number of nitrogens with zero attached hydrogens (tertiary/aromatic N) is 3. The van der Waals surface area contributed by atoms with Crippen LogP contribution in [0.5, 0.6) is 0 Å². The van der Waals surface area contributed by atoms with Gasteiger partial charge in [-0.05, 0) is 6.42 Å². The first-order valence-electron chi connectivity index (χ1n) is 8.07. The number of rotatable bonds is 5. The number of carboxylic acids is 3. The molecule has 0 bridgehead atoms. The summed E-state index contributed by atoms with van der Waals surface area (Å²) in [4.78, 5) is 37.7. The Kier molecular flexibility index (Phi) is 5.43. The number of likely N-dealkylation sites (tertiary alicyclic amines) is 1. The van der Waals surface area contributed by atoms with E-state index in [4.69, 9.17) is 14.4 Å². The molecule has 2 aliphatic rings. The second kappa shape index (κ2) is 7.04. The van der Waals surface area contributed by atoms with Crippen molar-refractivity contribution in [2.75, 3.05) is 13.1 Å². The van der Waals surface area contributed by atoms with Gasteiger partial charge in [0.2, 0.25) is 5.89 Å². The Labute approximate surface area is 155 Å². The van der Waals surface area contributed by atoms with Crippen molar-refractivity contribution in [2.45, 2.75) is 38.9 Å². The molecule has 1 saturated heterocycles.